The van der Waals surface area contributed by atoms with Crippen molar-refractivity contribution in [3.05, 3.63) is 34.6 Å². The zero-order valence-electron chi connectivity index (χ0n) is 9.54. The molecule has 2 rings (SSSR count). The van der Waals surface area contributed by atoms with Crippen LogP contribution in [-0.4, -0.2) is 37.0 Å². The minimum atomic E-state index is -0.582. The highest BCUT2D eigenvalue weighted by molar-refractivity contribution is 6.33. The van der Waals surface area contributed by atoms with E-state index in [0.717, 1.165) is 19.5 Å². The largest absolute Gasteiger partial charge is 0.348 e. The predicted octanol–water partition coefficient (Wildman–Crippen LogP) is 1.91. The van der Waals surface area contributed by atoms with Crippen molar-refractivity contribution in [1.29, 1.82) is 0 Å². The van der Waals surface area contributed by atoms with E-state index in [1.807, 2.05) is 7.05 Å². The van der Waals surface area contributed by atoms with Gasteiger partial charge in [0, 0.05) is 12.6 Å². The number of carbonyl (C=O) groups is 1. The van der Waals surface area contributed by atoms with E-state index in [9.17, 15) is 9.18 Å². The first-order valence-electron chi connectivity index (χ1n) is 5.51. The Balaban J connectivity index is 2.10. The minimum Gasteiger partial charge on any atom is -0.348 e. The molecule has 1 aromatic rings. The first-order valence-corrected chi connectivity index (χ1v) is 5.89. The first-order chi connectivity index (χ1) is 8.08. The van der Waals surface area contributed by atoms with Gasteiger partial charge in [0.15, 0.2) is 0 Å². The summed E-state index contributed by atoms with van der Waals surface area (Å²) in [5.41, 5.74) is -0.0660. The average Bonchev–Trinajstić information content (AvgIpc) is 2.63. The molecule has 0 saturated carbocycles. The lowest BCUT2D eigenvalue weighted by Gasteiger charge is -2.13. The number of likely N-dealkylation sites (tertiary alicyclic amines) is 1. The van der Waals surface area contributed by atoms with Crippen molar-refractivity contribution in [2.24, 2.45) is 0 Å². The van der Waals surface area contributed by atoms with Gasteiger partial charge in [0.25, 0.3) is 5.91 Å². The van der Waals surface area contributed by atoms with Crippen LogP contribution in [0.4, 0.5) is 4.39 Å². The van der Waals surface area contributed by atoms with Crippen LogP contribution in [0.25, 0.3) is 0 Å². The quantitative estimate of drug-likeness (QED) is 0.877. The maximum absolute atomic E-state index is 13.5. The second-order valence-electron chi connectivity index (χ2n) is 4.32. The minimum absolute atomic E-state index is 0.0660. The van der Waals surface area contributed by atoms with Crippen molar-refractivity contribution in [2.45, 2.75) is 12.5 Å². The summed E-state index contributed by atoms with van der Waals surface area (Å²) in [5.74, 6) is -1.02. The van der Waals surface area contributed by atoms with E-state index < -0.39 is 11.7 Å². The van der Waals surface area contributed by atoms with Crippen LogP contribution < -0.4 is 5.32 Å². The molecule has 1 aromatic carbocycles. The smallest absolute Gasteiger partial charge is 0.256 e. The number of benzene rings is 1. The van der Waals surface area contributed by atoms with Gasteiger partial charge >= 0.3 is 0 Å². The summed E-state index contributed by atoms with van der Waals surface area (Å²) in [6, 6.07) is 4.31. The van der Waals surface area contributed by atoms with E-state index >= 15 is 0 Å². The molecule has 1 aliphatic rings. The van der Waals surface area contributed by atoms with Crippen molar-refractivity contribution in [2.75, 3.05) is 20.1 Å². The maximum atomic E-state index is 13.5. The van der Waals surface area contributed by atoms with E-state index in [4.69, 9.17) is 11.6 Å². The van der Waals surface area contributed by atoms with Gasteiger partial charge in [-0.3, -0.25) is 4.79 Å². The Morgan fingerprint density at radius 1 is 1.59 bits per heavy atom. The molecule has 1 amide bonds. The lowest BCUT2D eigenvalue weighted by Crippen LogP contribution is -2.37. The Bertz CT molecular complexity index is 418. The molecule has 1 atom stereocenters. The van der Waals surface area contributed by atoms with E-state index in [1.54, 1.807) is 0 Å². The van der Waals surface area contributed by atoms with Crippen LogP contribution in [0.15, 0.2) is 18.2 Å². The maximum Gasteiger partial charge on any atom is 0.256 e. The Kier molecular flexibility index (Phi) is 3.64. The molecule has 1 heterocycles. The number of halogens is 2. The number of amides is 1. The SMILES string of the molecule is CN1CCC(NC(=O)c2c(F)cccc2Cl)C1. The van der Waals surface area contributed by atoms with Crippen molar-refractivity contribution in [1.82, 2.24) is 10.2 Å². The normalized spacial score (nSPS) is 20.5. The number of rotatable bonds is 2. The van der Waals surface area contributed by atoms with E-state index in [-0.39, 0.29) is 16.6 Å². The molecule has 1 N–H and O–H groups in total. The van der Waals surface area contributed by atoms with Crippen LogP contribution >= 0.6 is 11.6 Å². The van der Waals surface area contributed by atoms with Crippen LogP contribution in [0.1, 0.15) is 16.8 Å². The van der Waals surface area contributed by atoms with E-state index in [2.05, 4.69) is 10.2 Å². The molecule has 0 bridgehead atoms. The molecular formula is C12H14ClFN2O. The Morgan fingerprint density at radius 2 is 2.35 bits per heavy atom. The predicted molar refractivity (Wildman–Crippen MR) is 64.8 cm³/mol. The number of nitrogens with zero attached hydrogens (tertiary/aromatic N) is 1. The molecule has 1 fully saturated rings. The van der Waals surface area contributed by atoms with Gasteiger partial charge in [0.05, 0.1) is 10.6 Å². The van der Waals surface area contributed by atoms with Gasteiger partial charge in [-0.25, -0.2) is 4.39 Å². The van der Waals surface area contributed by atoms with Crippen LogP contribution in [0.5, 0.6) is 0 Å². The fraction of sp³-hybridized carbons (Fsp3) is 0.417. The molecule has 1 aliphatic heterocycles. The summed E-state index contributed by atoms with van der Waals surface area (Å²) in [7, 11) is 1.99. The van der Waals surface area contributed by atoms with Crippen LogP contribution in [0.2, 0.25) is 5.02 Å². The first kappa shape index (κ1) is 12.3. The van der Waals surface area contributed by atoms with Crippen molar-refractivity contribution < 1.29 is 9.18 Å². The fourth-order valence-corrected chi connectivity index (χ4v) is 2.27. The van der Waals surface area contributed by atoms with Crippen LogP contribution in [0, 0.1) is 5.82 Å². The van der Waals surface area contributed by atoms with Crippen LogP contribution in [-0.2, 0) is 0 Å². The third kappa shape index (κ3) is 2.76. The highest BCUT2D eigenvalue weighted by Crippen LogP contribution is 2.19. The fourth-order valence-electron chi connectivity index (χ4n) is 2.03. The highest BCUT2D eigenvalue weighted by atomic mass is 35.5. The lowest BCUT2D eigenvalue weighted by molar-refractivity contribution is 0.0934. The van der Waals surface area contributed by atoms with Gasteiger partial charge in [-0.05, 0) is 32.1 Å². The van der Waals surface area contributed by atoms with E-state index in [1.165, 1.54) is 18.2 Å². The van der Waals surface area contributed by atoms with Gasteiger partial charge in [-0.15, -0.1) is 0 Å². The molecule has 0 aromatic heterocycles. The summed E-state index contributed by atoms with van der Waals surface area (Å²) in [4.78, 5) is 14.0. The van der Waals surface area contributed by atoms with Gasteiger partial charge in [-0.2, -0.15) is 0 Å². The van der Waals surface area contributed by atoms with Gasteiger partial charge < -0.3 is 10.2 Å². The number of nitrogens with one attached hydrogen (secondary N) is 1. The molecule has 0 spiro atoms. The summed E-state index contributed by atoms with van der Waals surface area (Å²) in [5, 5.41) is 2.95. The molecule has 1 saturated heterocycles. The van der Waals surface area contributed by atoms with Gasteiger partial charge in [0.1, 0.15) is 5.82 Å². The number of hydrogen-bond donors (Lipinski definition) is 1. The molecule has 3 nitrogen and oxygen atoms in total. The van der Waals surface area contributed by atoms with Crippen LogP contribution in [0.3, 0.4) is 0 Å². The Labute approximate surface area is 105 Å². The monoisotopic (exact) mass is 256 g/mol. The molecule has 0 radical (unpaired) electrons. The third-order valence-electron chi connectivity index (χ3n) is 2.92. The third-order valence-corrected chi connectivity index (χ3v) is 3.23. The molecule has 92 valence electrons. The van der Waals surface area contributed by atoms with Crippen molar-refractivity contribution >= 4 is 17.5 Å². The zero-order chi connectivity index (χ0) is 12.4. The average molecular weight is 257 g/mol. The molecule has 5 heteroatoms. The number of likely N-dealkylation sites (N-methyl/N-ethyl adjacent to an activating group) is 1. The zero-order valence-corrected chi connectivity index (χ0v) is 10.3. The summed E-state index contributed by atoms with van der Waals surface area (Å²) in [6.45, 7) is 1.73. The molecule has 0 aliphatic carbocycles. The van der Waals surface area contributed by atoms with Crippen molar-refractivity contribution in [3.63, 3.8) is 0 Å². The number of carbonyl (C=O) groups excluding carboxylic acids is 1. The summed E-state index contributed by atoms with van der Waals surface area (Å²) in [6.07, 6.45) is 0.883. The van der Waals surface area contributed by atoms with Gasteiger partial charge in [-0.1, -0.05) is 17.7 Å². The second kappa shape index (κ2) is 5.02. The highest BCUT2D eigenvalue weighted by Gasteiger charge is 2.23. The number of hydrogen-bond acceptors (Lipinski definition) is 2. The molecule has 1 unspecified atom stereocenters. The standard InChI is InChI=1S/C12H14ClFN2O/c1-16-6-5-8(7-16)15-12(17)11-9(13)3-2-4-10(11)14/h2-4,8H,5-7H2,1H3,(H,15,17). The lowest BCUT2D eigenvalue weighted by atomic mass is 10.1. The summed E-state index contributed by atoms with van der Waals surface area (Å²) >= 11 is 5.83. The van der Waals surface area contributed by atoms with E-state index in [0.29, 0.717) is 0 Å². The summed E-state index contributed by atoms with van der Waals surface area (Å²) < 4.78 is 13.5. The molecular weight excluding hydrogens is 243 g/mol. The van der Waals surface area contributed by atoms with Gasteiger partial charge in [0.2, 0.25) is 0 Å². The van der Waals surface area contributed by atoms with Crippen molar-refractivity contribution in [3.8, 4) is 0 Å². The Morgan fingerprint density at radius 3 is 2.94 bits per heavy atom. The topological polar surface area (TPSA) is 32.3 Å². The second-order valence-corrected chi connectivity index (χ2v) is 4.73. The molecule has 17 heavy (non-hydrogen) atoms. The Hall–Kier alpha value is -1.13.